The molecule has 46 heavy (non-hydrogen) atoms. The van der Waals surface area contributed by atoms with Crippen LogP contribution in [0, 0.1) is 8.99 Å². The standard InChI is InChI=1S/C34H39IN2O9/c1-32(2,3)43-25(39)13-12-22(18-38)36-31(41)34-16-24-26-27(45-33(44-26)14-19-8-4-5-9-20(19)15-33)29(34)46-37(28(34)30(40)42-24)17-21-10-6-7-11-23(21)35/h4-11,22,24,26-29,38H,12-18H2,1-3H3,(H,36,41)/t22-,24+,26-,27-,28-,29+,34-/m0/s1. The minimum atomic E-state index is -1.39. The number of hydrogen-bond donors (Lipinski definition) is 2. The largest absolute Gasteiger partial charge is 0.460 e. The molecule has 1 amide bonds. The van der Waals surface area contributed by atoms with Crippen molar-refractivity contribution in [2.24, 2.45) is 5.41 Å². The lowest BCUT2D eigenvalue weighted by atomic mass is 9.62. The Kier molecular flexibility index (Phi) is 8.21. The van der Waals surface area contributed by atoms with Crippen molar-refractivity contribution >= 4 is 40.4 Å². The van der Waals surface area contributed by atoms with E-state index in [0.717, 1.165) is 20.3 Å². The molecule has 246 valence electrons. The van der Waals surface area contributed by atoms with Crippen molar-refractivity contribution in [2.75, 3.05) is 6.61 Å². The van der Waals surface area contributed by atoms with E-state index in [-0.39, 0.29) is 25.8 Å². The van der Waals surface area contributed by atoms with Crippen LogP contribution in [0.15, 0.2) is 48.5 Å². The van der Waals surface area contributed by atoms with E-state index in [1.807, 2.05) is 36.4 Å². The van der Waals surface area contributed by atoms with E-state index < -0.39 is 77.8 Å². The highest BCUT2D eigenvalue weighted by atomic mass is 127. The summed E-state index contributed by atoms with van der Waals surface area (Å²) >= 11 is 2.24. The van der Waals surface area contributed by atoms with E-state index in [1.165, 1.54) is 0 Å². The number of nitrogens with one attached hydrogen (secondary N) is 1. The van der Waals surface area contributed by atoms with Crippen molar-refractivity contribution in [1.29, 1.82) is 0 Å². The Morgan fingerprint density at radius 3 is 2.43 bits per heavy atom. The van der Waals surface area contributed by atoms with Crippen LogP contribution >= 0.6 is 22.6 Å². The minimum Gasteiger partial charge on any atom is -0.460 e. The SMILES string of the molecule is CC(C)(C)OC(=O)CC[C@@H](CO)NC(=O)[C@@]12C[C@H]3OC(=O)[C@@H]1N(Cc1ccccc1I)O[C@@H]2[C@H]1OC2(Cc4ccccc4C2)O[C@H]13. The molecule has 1 spiro atoms. The summed E-state index contributed by atoms with van der Waals surface area (Å²) in [6, 6.07) is 14.1. The number of ether oxygens (including phenoxy) is 4. The zero-order valence-electron chi connectivity index (χ0n) is 26.1. The van der Waals surface area contributed by atoms with Crippen LogP contribution in [-0.4, -0.2) is 82.5 Å². The fourth-order valence-corrected chi connectivity index (χ4v) is 8.33. The number of benzene rings is 2. The molecule has 3 saturated heterocycles. The van der Waals surface area contributed by atoms with Crippen LogP contribution in [0.5, 0.6) is 0 Å². The third kappa shape index (κ3) is 5.54. The summed E-state index contributed by atoms with van der Waals surface area (Å²) in [6.07, 6.45) is -1.49. The predicted molar refractivity (Wildman–Crippen MR) is 171 cm³/mol. The molecule has 2 N–H and O–H groups in total. The summed E-state index contributed by atoms with van der Waals surface area (Å²) in [5, 5.41) is 14.8. The van der Waals surface area contributed by atoms with Crippen molar-refractivity contribution < 1.29 is 43.3 Å². The summed E-state index contributed by atoms with van der Waals surface area (Å²) in [7, 11) is 0. The van der Waals surface area contributed by atoms with Crippen molar-refractivity contribution in [3.63, 3.8) is 0 Å². The molecule has 2 aromatic rings. The second-order valence-electron chi connectivity index (χ2n) is 14.0. The van der Waals surface area contributed by atoms with Crippen LogP contribution in [-0.2, 0) is 57.6 Å². The van der Waals surface area contributed by atoms with Crippen LogP contribution in [0.1, 0.15) is 56.7 Å². The summed E-state index contributed by atoms with van der Waals surface area (Å²) in [4.78, 5) is 47.6. The van der Waals surface area contributed by atoms with E-state index in [2.05, 4.69) is 40.0 Å². The van der Waals surface area contributed by atoms with Gasteiger partial charge in [-0.1, -0.05) is 42.5 Å². The number of aliphatic hydroxyl groups excluding tert-OH is 1. The molecule has 0 radical (unpaired) electrons. The summed E-state index contributed by atoms with van der Waals surface area (Å²) < 4.78 is 25.9. The van der Waals surface area contributed by atoms with Crippen LogP contribution < -0.4 is 5.32 Å². The first-order valence-corrected chi connectivity index (χ1v) is 16.9. The molecule has 1 saturated carbocycles. The van der Waals surface area contributed by atoms with E-state index >= 15 is 0 Å². The molecule has 12 heteroatoms. The lowest BCUT2D eigenvalue weighted by Crippen LogP contribution is -2.70. The maximum atomic E-state index is 14.6. The molecule has 7 atom stereocenters. The monoisotopic (exact) mass is 746 g/mol. The molecule has 3 aliphatic heterocycles. The zero-order chi connectivity index (χ0) is 32.4. The second-order valence-corrected chi connectivity index (χ2v) is 15.2. The Bertz CT molecular complexity index is 1520. The Balaban J connectivity index is 1.20. The number of halogens is 1. The lowest BCUT2D eigenvalue weighted by molar-refractivity contribution is -0.217. The topological polar surface area (TPSA) is 133 Å². The summed E-state index contributed by atoms with van der Waals surface area (Å²) in [5.74, 6) is -2.39. The van der Waals surface area contributed by atoms with Gasteiger partial charge in [0.1, 0.15) is 35.4 Å². The number of nitrogens with zero attached hydrogens (tertiary/aromatic N) is 1. The Morgan fingerprint density at radius 1 is 1.09 bits per heavy atom. The quantitative estimate of drug-likeness (QED) is 0.307. The highest BCUT2D eigenvalue weighted by molar-refractivity contribution is 14.1. The molecule has 5 aliphatic rings. The van der Waals surface area contributed by atoms with Gasteiger partial charge in [-0.15, -0.1) is 0 Å². The van der Waals surface area contributed by atoms with Gasteiger partial charge in [-0.3, -0.25) is 19.2 Å². The number of fused-ring (bicyclic) bond motifs is 5. The van der Waals surface area contributed by atoms with E-state index in [4.69, 9.17) is 23.8 Å². The summed E-state index contributed by atoms with van der Waals surface area (Å²) in [6.45, 7) is 5.20. The molecular weight excluding hydrogens is 707 g/mol. The minimum absolute atomic E-state index is 0.00704. The van der Waals surface area contributed by atoms with Gasteiger partial charge in [-0.05, 0) is 72.5 Å². The highest BCUT2D eigenvalue weighted by Crippen LogP contribution is 2.58. The van der Waals surface area contributed by atoms with E-state index in [0.29, 0.717) is 12.8 Å². The van der Waals surface area contributed by atoms with Gasteiger partial charge in [0.15, 0.2) is 11.8 Å². The predicted octanol–water partition coefficient (Wildman–Crippen LogP) is 2.97. The molecule has 0 aromatic heterocycles. The van der Waals surface area contributed by atoms with Crippen LogP contribution in [0.25, 0.3) is 0 Å². The molecular formula is C34H39IN2O9. The normalized spacial score (nSPS) is 31.2. The van der Waals surface area contributed by atoms with Gasteiger partial charge in [-0.25, -0.2) is 0 Å². The molecule has 3 heterocycles. The Labute approximate surface area is 281 Å². The number of carbonyl (C=O) groups is 3. The number of hydrogen-bond acceptors (Lipinski definition) is 10. The third-order valence-electron chi connectivity index (χ3n) is 9.67. The van der Waals surface area contributed by atoms with Crippen LogP contribution in [0.3, 0.4) is 0 Å². The zero-order valence-corrected chi connectivity index (χ0v) is 28.2. The Morgan fingerprint density at radius 2 is 1.76 bits per heavy atom. The average Bonchev–Trinajstić information content (AvgIpc) is 3.67. The van der Waals surface area contributed by atoms with Gasteiger partial charge in [-0.2, -0.15) is 5.06 Å². The van der Waals surface area contributed by atoms with Crippen molar-refractivity contribution in [3.8, 4) is 0 Å². The van der Waals surface area contributed by atoms with Crippen molar-refractivity contribution in [1.82, 2.24) is 10.4 Å². The number of amides is 1. The third-order valence-corrected chi connectivity index (χ3v) is 10.7. The van der Waals surface area contributed by atoms with Gasteiger partial charge in [0.25, 0.3) is 0 Å². The molecule has 2 aliphatic carbocycles. The van der Waals surface area contributed by atoms with Gasteiger partial charge in [0, 0.05) is 29.3 Å². The van der Waals surface area contributed by atoms with Gasteiger partial charge in [0.2, 0.25) is 5.91 Å². The fraction of sp³-hybridized carbons (Fsp3) is 0.559. The molecule has 11 nitrogen and oxygen atoms in total. The van der Waals surface area contributed by atoms with E-state index in [1.54, 1.807) is 25.8 Å². The van der Waals surface area contributed by atoms with Crippen LogP contribution in [0.4, 0.5) is 0 Å². The van der Waals surface area contributed by atoms with Crippen molar-refractivity contribution in [3.05, 3.63) is 68.8 Å². The fourth-order valence-electron chi connectivity index (χ4n) is 7.77. The number of rotatable bonds is 8. The highest BCUT2D eigenvalue weighted by Gasteiger charge is 2.76. The first-order valence-electron chi connectivity index (χ1n) is 15.8. The summed E-state index contributed by atoms with van der Waals surface area (Å²) in [5.41, 5.74) is 1.16. The number of aliphatic hydroxyl groups is 1. The maximum absolute atomic E-state index is 14.6. The number of carbonyl (C=O) groups excluding carboxylic acids is 3. The van der Waals surface area contributed by atoms with Crippen molar-refractivity contribution in [2.45, 2.75) is 107 Å². The Hall–Kier alpha value is -2.62. The van der Waals surface area contributed by atoms with Gasteiger partial charge >= 0.3 is 11.9 Å². The molecule has 2 bridgehead atoms. The maximum Gasteiger partial charge on any atom is 0.327 e. The molecule has 0 unspecified atom stereocenters. The van der Waals surface area contributed by atoms with Gasteiger partial charge < -0.3 is 29.4 Å². The first-order chi connectivity index (χ1) is 21.9. The van der Waals surface area contributed by atoms with E-state index in [9.17, 15) is 19.5 Å². The number of esters is 2. The molecule has 2 aromatic carbocycles. The van der Waals surface area contributed by atoms with Crippen LogP contribution in [0.2, 0.25) is 0 Å². The first kappa shape index (κ1) is 32.0. The second kappa shape index (κ2) is 11.8. The molecule has 7 rings (SSSR count). The molecule has 4 fully saturated rings. The number of hydroxylamine groups is 2. The van der Waals surface area contributed by atoms with Gasteiger partial charge in [0.05, 0.1) is 19.2 Å². The average molecular weight is 747 g/mol. The smallest absolute Gasteiger partial charge is 0.327 e. The lowest BCUT2D eigenvalue weighted by Gasteiger charge is -2.49.